The summed E-state index contributed by atoms with van der Waals surface area (Å²) in [7, 11) is 0. The number of carbonyl (C=O) groups excluding carboxylic acids is 1. The summed E-state index contributed by atoms with van der Waals surface area (Å²) in [5.74, 6) is 0.0174. The average molecular weight is 339 g/mol. The van der Waals surface area contributed by atoms with Crippen LogP contribution in [0.25, 0.3) is 0 Å². The van der Waals surface area contributed by atoms with Crippen molar-refractivity contribution in [3.05, 3.63) is 35.9 Å². The zero-order valence-corrected chi connectivity index (χ0v) is 13.6. The minimum atomic E-state index is -1.81. The SMILES string of the molecule is [CH3][Sn]([CH3])([CH3])[CH2]CC(=O)NN=Cc1ccccc1. The number of carbonyl (C=O) groups is 1. The molecule has 0 aliphatic carbocycles. The second kappa shape index (κ2) is 6.79. The molecule has 92 valence electrons. The molecule has 0 atom stereocenters. The van der Waals surface area contributed by atoms with Gasteiger partial charge in [-0.3, -0.25) is 0 Å². The van der Waals surface area contributed by atoms with Gasteiger partial charge in [-0.25, -0.2) is 0 Å². The molecule has 0 bridgehead atoms. The molecule has 1 aromatic rings. The average Bonchev–Trinajstić information content (AvgIpc) is 2.27. The summed E-state index contributed by atoms with van der Waals surface area (Å²) < 4.78 is 1.07. The molecule has 0 aliphatic rings. The second-order valence-corrected chi connectivity index (χ2v) is 21.3. The van der Waals surface area contributed by atoms with Gasteiger partial charge in [-0.1, -0.05) is 0 Å². The van der Waals surface area contributed by atoms with Crippen molar-refractivity contribution in [2.75, 3.05) is 0 Å². The van der Waals surface area contributed by atoms with E-state index >= 15 is 0 Å². The summed E-state index contributed by atoms with van der Waals surface area (Å²) in [6, 6.07) is 9.73. The zero-order valence-electron chi connectivity index (χ0n) is 10.7. The van der Waals surface area contributed by atoms with Crippen LogP contribution in [-0.2, 0) is 4.79 Å². The number of rotatable bonds is 5. The predicted octanol–water partition coefficient (Wildman–Crippen LogP) is 2.87. The summed E-state index contributed by atoms with van der Waals surface area (Å²) in [5, 5.41) is 3.94. The number of nitrogens with zero attached hydrogens (tertiary/aromatic N) is 1. The third kappa shape index (κ3) is 7.15. The van der Waals surface area contributed by atoms with Crippen LogP contribution in [0.3, 0.4) is 0 Å². The molecule has 0 fully saturated rings. The van der Waals surface area contributed by atoms with Gasteiger partial charge in [0.2, 0.25) is 0 Å². The number of hydrogen-bond acceptors (Lipinski definition) is 2. The molecule has 0 saturated heterocycles. The van der Waals surface area contributed by atoms with Gasteiger partial charge in [-0.05, 0) is 0 Å². The van der Waals surface area contributed by atoms with E-state index < -0.39 is 18.4 Å². The van der Waals surface area contributed by atoms with E-state index in [-0.39, 0.29) is 5.91 Å². The summed E-state index contributed by atoms with van der Waals surface area (Å²) in [6.45, 7) is 0. The van der Waals surface area contributed by atoms with E-state index in [0.717, 1.165) is 10.0 Å². The topological polar surface area (TPSA) is 41.5 Å². The molecule has 17 heavy (non-hydrogen) atoms. The van der Waals surface area contributed by atoms with E-state index in [0.29, 0.717) is 6.42 Å². The monoisotopic (exact) mass is 340 g/mol. The van der Waals surface area contributed by atoms with Gasteiger partial charge in [-0.2, -0.15) is 0 Å². The Morgan fingerprint density at radius 2 is 1.94 bits per heavy atom. The normalized spacial score (nSPS) is 11.7. The van der Waals surface area contributed by atoms with Gasteiger partial charge >= 0.3 is 107 Å². The molecule has 4 heteroatoms. The van der Waals surface area contributed by atoms with E-state index in [1.54, 1.807) is 6.21 Å². The molecule has 0 unspecified atom stereocenters. The molecular formula is C13H20N2OSn. The Kier molecular flexibility index (Phi) is 5.68. The Hall–Kier alpha value is -0.841. The minimum absolute atomic E-state index is 0.0174. The van der Waals surface area contributed by atoms with Crippen LogP contribution in [0.5, 0.6) is 0 Å². The van der Waals surface area contributed by atoms with Gasteiger partial charge in [0.05, 0.1) is 0 Å². The van der Waals surface area contributed by atoms with Gasteiger partial charge in [0.1, 0.15) is 0 Å². The van der Waals surface area contributed by atoms with Crippen LogP contribution in [-0.4, -0.2) is 30.5 Å². The molecule has 0 aromatic heterocycles. The molecule has 3 nitrogen and oxygen atoms in total. The van der Waals surface area contributed by atoms with Crippen molar-refractivity contribution >= 4 is 30.5 Å². The number of hydrazone groups is 1. The van der Waals surface area contributed by atoms with Gasteiger partial charge < -0.3 is 0 Å². The van der Waals surface area contributed by atoms with E-state index in [4.69, 9.17) is 0 Å². The van der Waals surface area contributed by atoms with Crippen molar-refractivity contribution in [3.8, 4) is 0 Å². The molecule has 0 aliphatic heterocycles. The fourth-order valence-electron chi connectivity index (χ4n) is 1.26. The summed E-state index contributed by atoms with van der Waals surface area (Å²) in [6.07, 6.45) is 2.27. The quantitative estimate of drug-likeness (QED) is 0.500. The van der Waals surface area contributed by atoms with Gasteiger partial charge in [0.15, 0.2) is 0 Å². The summed E-state index contributed by atoms with van der Waals surface area (Å²) in [5.41, 5.74) is 3.56. The van der Waals surface area contributed by atoms with Crippen molar-refractivity contribution in [3.63, 3.8) is 0 Å². The van der Waals surface area contributed by atoms with Crippen LogP contribution in [0.1, 0.15) is 12.0 Å². The Bertz CT molecular complexity index is 382. The van der Waals surface area contributed by atoms with Crippen LogP contribution in [0.4, 0.5) is 0 Å². The molecule has 0 spiro atoms. The molecule has 1 amide bonds. The van der Waals surface area contributed by atoms with Crippen molar-refractivity contribution in [2.45, 2.75) is 25.7 Å². The van der Waals surface area contributed by atoms with E-state index in [9.17, 15) is 4.79 Å². The number of benzene rings is 1. The van der Waals surface area contributed by atoms with Crippen molar-refractivity contribution in [1.29, 1.82) is 0 Å². The van der Waals surface area contributed by atoms with Crippen LogP contribution >= 0.6 is 0 Å². The van der Waals surface area contributed by atoms with Crippen molar-refractivity contribution in [1.82, 2.24) is 5.43 Å². The van der Waals surface area contributed by atoms with E-state index in [1.165, 1.54) is 0 Å². The molecular weight excluding hydrogens is 319 g/mol. The second-order valence-electron chi connectivity index (χ2n) is 5.26. The van der Waals surface area contributed by atoms with Crippen LogP contribution in [0.15, 0.2) is 35.4 Å². The molecule has 1 rings (SSSR count). The molecule has 1 N–H and O–H groups in total. The van der Waals surface area contributed by atoms with Gasteiger partial charge in [-0.15, -0.1) is 0 Å². The van der Waals surface area contributed by atoms with Crippen LogP contribution in [0.2, 0.25) is 19.3 Å². The number of amides is 1. The van der Waals surface area contributed by atoms with Crippen molar-refractivity contribution in [2.24, 2.45) is 5.10 Å². The Morgan fingerprint density at radius 1 is 1.29 bits per heavy atom. The third-order valence-electron chi connectivity index (χ3n) is 2.30. The molecule has 0 radical (unpaired) electrons. The van der Waals surface area contributed by atoms with Gasteiger partial charge in [0.25, 0.3) is 0 Å². The predicted molar refractivity (Wildman–Crippen MR) is 74.9 cm³/mol. The fourth-order valence-corrected chi connectivity index (χ4v) is 4.05. The first-order chi connectivity index (χ1) is 7.97. The maximum atomic E-state index is 11.5. The zero-order chi connectivity index (χ0) is 12.7. The van der Waals surface area contributed by atoms with E-state index in [2.05, 4.69) is 25.3 Å². The van der Waals surface area contributed by atoms with Crippen molar-refractivity contribution < 1.29 is 4.79 Å². The summed E-state index contributed by atoms with van der Waals surface area (Å²) >= 11 is -1.81. The Morgan fingerprint density at radius 3 is 2.53 bits per heavy atom. The first-order valence-electron chi connectivity index (χ1n) is 5.84. The molecule has 1 aromatic carbocycles. The Labute approximate surface area is 107 Å². The van der Waals surface area contributed by atoms with E-state index in [1.807, 2.05) is 30.3 Å². The van der Waals surface area contributed by atoms with Crippen LogP contribution in [0, 0.1) is 0 Å². The third-order valence-corrected chi connectivity index (χ3v) is 7.30. The number of nitrogens with one attached hydrogen (secondary N) is 1. The first kappa shape index (κ1) is 14.2. The van der Waals surface area contributed by atoms with Gasteiger partial charge in [0, 0.05) is 0 Å². The molecule has 0 saturated carbocycles. The standard InChI is InChI=1S/C10H11N2O.3CH3.Sn/c1-2-10(13)12-11-8-9-6-4-3-5-7-9;;;;/h3-8H,1-2H2,(H,12,13);3*1H3;. The fraction of sp³-hybridized carbons (Fsp3) is 0.385. The summed E-state index contributed by atoms with van der Waals surface area (Å²) in [4.78, 5) is 18.5. The number of hydrogen-bond donors (Lipinski definition) is 1. The maximum absolute atomic E-state index is 11.5. The van der Waals surface area contributed by atoms with Crippen LogP contribution < -0.4 is 5.43 Å². The Balaban J connectivity index is 2.31. The molecule has 0 heterocycles. The first-order valence-corrected chi connectivity index (χ1v) is 16.4.